The topological polar surface area (TPSA) is 101 Å². The smallest absolute Gasteiger partial charge is 0.309 e. The SMILES string of the molecule is CCCCOC(=O)C(CC)C(C(=O)O)C(C)C(=O)O. The molecule has 0 aromatic carbocycles. The molecule has 0 aromatic heterocycles. The van der Waals surface area contributed by atoms with Crippen molar-refractivity contribution >= 4 is 17.9 Å². The van der Waals surface area contributed by atoms with Crippen LogP contribution in [0.5, 0.6) is 0 Å². The summed E-state index contributed by atoms with van der Waals surface area (Å²) in [6.07, 6.45) is 1.80. The molecule has 19 heavy (non-hydrogen) atoms. The van der Waals surface area contributed by atoms with E-state index >= 15 is 0 Å². The lowest BCUT2D eigenvalue weighted by molar-refractivity contribution is -0.164. The lowest BCUT2D eigenvalue weighted by Gasteiger charge is -2.24. The van der Waals surface area contributed by atoms with Crippen molar-refractivity contribution in [1.29, 1.82) is 0 Å². The van der Waals surface area contributed by atoms with E-state index in [1.807, 2.05) is 6.92 Å². The normalized spacial score (nSPS) is 15.3. The Hall–Kier alpha value is -1.59. The molecule has 3 unspecified atom stereocenters. The first-order valence-electron chi connectivity index (χ1n) is 6.48. The predicted molar refractivity (Wildman–Crippen MR) is 67.6 cm³/mol. The Balaban J connectivity index is 4.89. The zero-order valence-corrected chi connectivity index (χ0v) is 11.6. The lowest BCUT2D eigenvalue weighted by Crippen LogP contribution is -2.38. The summed E-state index contributed by atoms with van der Waals surface area (Å²) in [5.74, 6) is -6.48. The van der Waals surface area contributed by atoms with Crippen LogP contribution in [0.3, 0.4) is 0 Å². The number of carbonyl (C=O) groups excluding carboxylic acids is 1. The van der Waals surface area contributed by atoms with Crippen molar-refractivity contribution < 1.29 is 29.3 Å². The molecular formula is C13H22O6. The summed E-state index contributed by atoms with van der Waals surface area (Å²) in [6, 6.07) is 0. The predicted octanol–water partition coefficient (Wildman–Crippen LogP) is 1.78. The molecule has 110 valence electrons. The molecule has 0 fully saturated rings. The van der Waals surface area contributed by atoms with Gasteiger partial charge in [-0.25, -0.2) is 0 Å². The molecule has 0 aromatic rings. The molecule has 3 atom stereocenters. The van der Waals surface area contributed by atoms with Crippen molar-refractivity contribution in [3.05, 3.63) is 0 Å². The van der Waals surface area contributed by atoms with Crippen LogP contribution in [0.2, 0.25) is 0 Å². The fraction of sp³-hybridized carbons (Fsp3) is 0.769. The van der Waals surface area contributed by atoms with Gasteiger partial charge in [-0.05, 0) is 12.8 Å². The van der Waals surface area contributed by atoms with Gasteiger partial charge in [-0.1, -0.05) is 27.2 Å². The van der Waals surface area contributed by atoms with E-state index < -0.39 is 35.7 Å². The van der Waals surface area contributed by atoms with Gasteiger partial charge in [-0.3, -0.25) is 14.4 Å². The summed E-state index contributed by atoms with van der Waals surface area (Å²) in [7, 11) is 0. The quantitative estimate of drug-likeness (QED) is 0.491. The Morgan fingerprint density at radius 3 is 2.05 bits per heavy atom. The number of rotatable bonds is 9. The highest BCUT2D eigenvalue weighted by Crippen LogP contribution is 2.26. The first kappa shape index (κ1) is 17.4. The molecule has 0 saturated carbocycles. The van der Waals surface area contributed by atoms with Crippen LogP contribution in [-0.2, 0) is 19.1 Å². The Kier molecular flexibility index (Phi) is 7.79. The third kappa shape index (κ3) is 5.28. The Morgan fingerprint density at radius 1 is 1.11 bits per heavy atom. The fourth-order valence-electron chi connectivity index (χ4n) is 1.88. The van der Waals surface area contributed by atoms with E-state index in [0.717, 1.165) is 6.42 Å². The zero-order chi connectivity index (χ0) is 15.0. The molecule has 0 aliphatic rings. The highest BCUT2D eigenvalue weighted by molar-refractivity contribution is 5.85. The summed E-state index contributed by atoms with van der Waals surface area (Å²) in [4.78, 5) is 34.0. The molecule has 0 aliphatic heterocycles. The summed E-state index contributed by atoms with van der Waals surface area (Å²) >= 11 is 0. The van der Waals surface area contributed by atoms with Crippen LogP contribution in [0, 0.1) is 17.8 Å². The van der Waals surface area contributed by atoms with Gasteiger partial charge in [-0.2, -0.15) is 0 Å². The highest BCUT2D eigenvalue weighted by atomic mass is 16.5. The van der Waals surface area contributed by atoms with Crippen molar-refractivity contribution in [3.8, 4) is 0 Å². The summed E-state index contributed by atoms with van der Waals surface area (Å²) < 4.78 is 5.00. The molecule has 0 aliphatic carbocycles. The van der Waals surface area contributed by atoms with Crippen molar-refractivity contribution in [1.82, 2.24) is 0 Å². The van der Waals surface area contributed by atoms with Crippen LogP contribution in [0.25, 0.3) is 0 Å². The third-order valence-corrected chi connectivity index (χ3v) is 3.13. The standard InChI is InChI=1S/C13H22O6/c1-4-6-7-19-13(18)9(5-2)10(12(16)17)8(3)11(14)15/h8-10H,4-7H2,1-3H3,(H,14,15)(H,16,17). The molecule has 0 spiro atoms. The van der Waals surface area contributed by atoms with Crippen LogP contribution in [0.1, 0.15) is 40.0 Å². The number of carboxylic acid groups (broad SMARTS) is 2. The highest BCUT2D eigenvalue weighted by Gasteiger charge is 2.40. The van der Waals surface area contributed by atoms with Gasteiger partial charge in [0.15, 0.2) is 0 Å². The van der Waals surface area contributed by atoms with Crippen LogP contribution < -0.4 is 0 Å². The molecule has 6 heteroatoms. The molecule has 0 saturated heterocycles. The van der Waals surface area contributed by atoms with E-state index in [-0.39, 0.29) is 13.0 Å². The monoisotopic (exact) mass is 274 g/mol. The molecule has 0 amide bonds. The number of hydrogen-bond acceptors (Lipinski definition) is 4. The number of esters is 1. The average Bonchev–Trinajstić information content (AvgIpc) is 2.34. The van der Waals surface area contributed by atoms with Gasteiger partial charge in [0.05, 0.1) is 24.4 Å². The van der Waals surface area contributed by atoms with Crippen LogP contribution in [0.15, 0.2) is 0 Å². The van der Waals surface area contributed by atoms with Crippen molar-refractivity contribution in [3.63, 3.8) is 0 Å². The van der Waals surface area contributed by atoms with E-state index in [2.05, 4.69) is 0 Å². The Labute approximate surface area is 112 Å². The minimum absolute atomic E-state index is 0.236. The van der Waals surface area contributed by atoms with Gasteiger partial charge < -0.3 is 14.9 Å². The second kappa shape index (κ2) is 8.50. The second-order valence-electron chi connectivity index (χ2n) is 4.53. The average molecular weight is 274 g/mol. The molecular weight excluding hydrogens is 252 g/mol. The maximum absolute atomic E-state index is 11.8. The first-order chi connectivity index (χ1) is 8.86. The zero-order valence-electron chi connectivity index (χ0n) is 11.6. The van der Waals surface area contributed by atoms with Crippen LogP contribution in [-0.4, -0.2) is 34.7 Å². The molecule has 6 nitrogen and oxygen atoms in total. The molecule has 0 heterocycles. The van der Waals surface area contributed by atoms with Gasteiger partial charge in [-0.15, -0.1) is 0 Å². The van der Waals surface area contributed by atoms with Crippen molar-refractivity contribution in [2.75, 3.05) is 6.61 Å². The lowest BCUT2D eigenvalue weighted by atomic mass is 9.81. The Morgan fingerprint density at radius 2 is 1.68 bits per heavy atom. The second-order valence-corrected chi connectivity index (χ2v) is 4.53. The maximum Gasteiger partial charge on any atom is 0.309 e. The van der Waals surface area contributed by atoms with E-state index in [1.54, 1.807) is 6.92 Å². The van der Waals surface area contributed by atoms with Gasteiger partial charge in [0, 0.05) is 0 Å². The van der Waals surface area contributed by atoms with Gasteiger partial charge >= 0.3 is 17.9 Å². The summed E-state index contributed by atoms with van der Waals surface area (Å²) in [5.41, 5.74) is 0. The Bertz CT molecular complexity index is 325. The van der Waals surface area contributed by atoms with E-state index in [9.17, 15) is 14.4 Å². The number of carboxylic acids is 2. The largest absolute Gasteiger partial charge is 0.481 e. The summed E-state index contributed by atoms with van der Waals surface area (Å²) in [6.45, 7) is 5.12. The fourth-order valence-corrected chi connectivity index (χ4v) is 1.88. The molecule has 2 N–H and O–H groups in total. The van der Waals surface area contributed by atoms with Crippen molar-refractivity contribution in [2.24, 2.45) is 17.8 Å². The minimum atomic E-state index is -1.28. The van der Waals surface area contributed by atoms with E-state index in [4.69, 9.17) is 14.9 Å². The summed E-state index contributed by atoms with van der Waals surface area (Å²) in [5, 5.41) is 18.1. The molecule has 0 rings (SSSR count). The number of carbonyl (C=O) groups is 3. The van der Waals surface area contributed by atoms with E-state index in [1.165, 1.54) is 6.92 Å². The number of unbranched alkanes of at least 4 members (excludes halogenated alkanes) is 1. The van der Waals surface area contributed by atoms with Gasteiger partial charge in [0.1, 0.15) is 0 Å². The van der Waals surface area contributed by atoms with E-state index in [0.29, 0.717) is 6.42 Å². The van der Waals surface area contributed by atoms with Crippen LogP contribution in [0.4, 0.5) is 0 Å². The molecule has 0 bridgehead atoms. The number of aliphatic carboxylic acids is 2. The first-order valence-corrected chi connectivity index (χ1v) is 6.48. The minimum Gasteiger partial charge on any atom is -0.481 e. The third-order valence-electron chi connectivity index (χ3n) is 3.13. The van der Waals surface area contributed by atoms with Crippen molar-refractivity contribution in [2.45, 2.75) is 40.0 Å². The number of hydrogen-bond donors (Lipinski definition) is 2. The maximum atomic E-state index is 11.8. The van der Waals surface area contributed by atoms with Gasteiger partial charge in [0.2, 0.25) is 0 Å². The number of ether oxygens (including phenoxy) is 1. The van der Waals surface area contributed by atoms with Gasteiger partial charge in [0.25, 0.3) is 0 Å². The van der Waals surface area contributed by atoms with Crippen LogP contribution >= 0.6 is 0 Å². The molecule has 0 radical (unpaired) electrons.